The molecule has 0 saturated heterocycles. The Labute approximate surface area is 160 Å². The molecule has 1 N–H and O–H groups in total. The van der Waals surface area contributed by atoms with E-state index in [0.29, 0.717) is 6.61 Å². The fourth-order valence-corrected chi connectivity index (χ4v) is 2.54. The van der Waals surface area contributed by atoms with Crippen molar-refractivity contribution in [1.82, 2.24) is 5.32 Å². The van der Waals surface area contributed by atoms with Crippen LogP contribution in [0.4, 0.5) is 0 Å². The highest BCUT2D eigenvalue weighted by Crippen LogP contribution is 2.25. The van der Waals surface area contributed by atoms with Gasteiger partial charge in [-0.15, -0.1) is 12.4 Å². The summed E-state index contributed by atoms with van der Waals surface area (Å²) < 4.78 is 7.13. The van der Waals surface area contributed by atoms with Crippen molar-refractivity contribution in [1.29, 1.82) is 0 Å². The van der Waals surface area contributed by atoms with E-state index in [1.165, 1.54) is 16.7 Å². The highest BCUT2D eigenvalue weighted by atomic mass is 79.9. The van der Waals surface area contributed by atoms with Gasteiger partial charge in [0.2, 0.25) is 0 Å². The van der Waals surface area contributed by atoms with Crippen LogP contribution in [0, 0.1) is 6.92 Å². The lowest BCUT2D eigenvalue weighted by atomic mass is 10.0. The first kappa shape index (κ1) is 21.0. The van der Waals surface area contributed by atoms with Crippen LogP contribution >= 0.6 is 28.3 Å². The zero-order valence-electron chi connectivity index (χ0n) is 14.9. The molecule has 0 bridgehead atoms. The van der Waals surface area contributed by atoms with Gasteiger partial charge in [-0.25, -0.2) is 0 Å². The molecule has 24 heavy (non-hydrogen) atoms. The van der Waals surface area contributed by atoms with Gasteiger partial charge in [-0.1, -0.05) is 52.7 Å². The van der Waals surface area contributed by atoms with Crippen molar-refractivity contribution in [2.24, 2.45) is 0 Å². The number of nitrogens with one attached hydrogen (secondary N) is 1. The fourth-order valence-electron chi connectivity index (χ4n) is 2.13. The van der Waals surface area contributed by atoms with Crippen molar-refractivity contribution in [3.8, 4) is 5.75 Å². The first-order chi connectivity index (χ1) is 10.9. The standard InChI is InChI=1S/C20H26BrNO.ClH/c1-5-20(3,4)22-13-17-12-18(21)10-11-19(17)23-14-16-8-6-15(2)7-9-16;/h6-12,22H,5,13-14H2,1-4H3;1H. The van der Waals surface area contributed by atoms with Crippen LogP contribution in [-0.4, -0.2) is 5.54 Å². The van der Waals surface area contributed by atoms with Crippen molar-refractivity contribution < 1.29 is 4.74 Å². The molecule has 0 heterocycles. The Hall–Kier alpha value is -1.03. The monoisotopic (exact) mass is 411 g/mol. The molecule has 2 aromatic rings. The Morgan fingerprint density at radius 1 is 1.08 bits per heavy atom. The lowest BCUT2D eigenvalue weighted by molar-refractivity contribution is 0.298. The SMILES string of the molecule is CCC(C)(C)NCc1cc(Br)ccc1OCc1ccc(C)cc1.Cl. The number of hydrogen-bond acceptors (Lipinski definition) is 2. The Bertz CT molecular complexity index is 641. The van der Waals surface area contributed by atoms with Crippen LogP contribution in [0.5, 0.6) is 5.75 Å². The molecule has 0 unspecified atom stereocenters. The molecule has 0 aliphatic rings. The van der Waals surface area contributed by atoms with Crippen LogP contribution in [-0.2, 0) is 13.2 Å². The van der Waals surface area contributed by atoms with Gasteiger partial charge in [-0.3, -0.25) is 0 Å². The summed E-state index contributed by atoms with van der Waals surface area (Å²) in [6.07, 6.45) is 1.08. The second-order valence-corrected chi connectivity index (χ2v) is 7.53. The molecular formula is C20H27BrClNO. The van der Waals surface area contributed by atoms with Crippen molar-refractivity contribution in [2.45, 2.75) is 52.8 Å². The summed E-state index contributed by atoms with van der Waals surface area (Å²) >= 11 is 3.55. The Morgan fingerprint density at radius 3 is 2.38 bits per heavy atom. The van der Waals surface area contributed by atoms with Gasteiger partial charge in [0.25, 0.3) is 0 Å². The van der Waals surface area contributed by atoms with Crippen LogP contribution in [0.3, 0.4) is 0 Å². The van der Waals surface area contributed by atoms with Crippen molar-refractivity contribution in [3.63, 3.8) is 0 Å². The maximum atomic E-state index is 6.06. The third kappa shape index (κ3) is 6.46. The third-order valence-electron chi connectivity index (χ3n) is 4.18. The minimum absolute atomic E-state index is 0. The first-order valence-electron chi connectivity index (χ1n) is 8.11. The van der Waals surface area contributed by atoms with E-state index in [9.17, 15) is 0 Å². The molecule has 4 heteroatoms. The lowest BCUT2D eigenvalue weighted by Crippen LogP contribution is -2.37. The molecule has 132 valence electrons. The summed E-state index contributed by atoms with van der Waals surface area (Å²) in [7, 11) is 0. The van der Waals surface area contributed by atoms with Crippen molar-refractivity contribution in [2.75, 3.05) is 0 Å². The van der Waals surface area contributed by atoms with E-state index in [2.05, 4.69) is 79.3 Å². The maximum Gasteiger partial charge on any atom is 0.124 e. The number of rotatable bonds is 7. The van der Waals surface area contributed by atoms with Gasteiger partial charge in [0, 0.05) is 22.1 Å². The largest absolute Gasteiger partial charge is 0.489 e. The molecule has 0 amide bonds. The fraction of sp³-hybridized carbons (Fsp3) is 0.400. The number of aryl methyl sites for hydroxylation is 1. The molecule has 2 rings (SSSR count). The Morgan fingerprint density at radius 2 is 1.75 bits per heavy atom. The average Bonchev–Trinajstić information content (AvgIpc) is 2.53. The third-order valence-corrected chi connectivity index (χ3v) is 4.67. The smallest absolute Gasteiger partial charge is 0.124 e. The van der Waals surface area contributed by atoms with Crippen LogP contribution in [0.15, 0.2) is 46.9 Å². The molecule has 0 atom stereocenters. The lowest BCUT2D eigenvalue weighted by Gasteiger charge is -2.25. The van der Waals surface area contributed by atoms with Crippen molar-refractivity contribution >= 4 is 28.3 Å². The number of ether oxygens (including phenoxy) is 1. The summed E-state index contributed by atoms with van der Waals surface area (Å²) in [5, 5.41) is 3.60. The van der Waals surface area contributed by atoms with Gasteiger partial charge in [-0.05, 0) is 51.0 Å². The number of hydrogen-bond donors (Lipinski definition) is 1. The van der Waals surface area contributed by atoms with E-state index < -0.39 is 0 Å². The summed E-state index contributed by atoms with van der Waals surface area (Å²) in [4.78, 5) is 0. The minimum Gasteiger partial charge on any atom is -0.489 e. The molecule has 0 radical (unpaired) electrons. The van der Waals surface area contributed by atoms with Crippen LogP contribution in [0.2, 0.25) is 0 Å². The maximum absolute atomic E-state index is 6.06. The zero-order chi connectivity index (χ0) is 16.9. The van der Waals surface area contributed by atoms with Gasteiger partial charge in [0.1, 0.15) is 12.4 Å². The topological polar surface area (TPSA) is 21.3 Å². The molecule has 0 saturated carbocycles. The number of halogens is 2. The molecule has 2 nitrogen and oxygen atoms in total. The molecule has 0 aliphatic heterocycles. The van der Waals surface area contributed by atoms with Gasteiger partial charge < -0.3 is 10.1 Å². The predicted molar refractivity (Wildman–Crippen MR) is 108 cm³/mol. The highest BCUT2D eigenvalue weighted by Gasteiger charge is 2.15. The normalized spacial score (nSPS) is 11.0. The predicted octanol–water partition coefficient (Wildman–Crippen LogP) is 6.04. The summed E-state index contributed by atoms with van der Waals surface area (Å²) in [5.41, 5.74) is 3.75. The van der Waals surface area contributed by atoms with Crippen LogP contribution in [0.1, 0.15) is 43.9 Å². The van der Waals surface area contributed by atoms with E-state index in [1.54, 1.807) is 0 Å². The molecule has 0 spiro atoms. The Kier molecular flexibility index (Phi) is 8.28. The average molecular weight is 413 g/mol. The summed E-state index contributed by atoms with van der Waals surface area (Å²) in [6.45, 7) is 10.1. The van der Waals surface area contributed by atoms with Crippen molar-refractivity contribution in [3.05, 3.63) is 63.6 Å². The molecule has 0 fully saturated rings. The molecule has 2 aromatic carbocycles. The van der Waals surface area contributed by atoms with Gasteiger partial charge in [0.15, 0.2) is 0 Å². The van der Waals surface area contributed by atoms with Crippen LogP contribution in [0.25, 0.3) is 0 Å². The van der Waals surface area contributed by atoms with Crippen LogP contribution < -0.4 is 10.1 Å². The van der Waals surface area contributed by atoms with E-state index in [4.69, 9.17) is 4.74 Å². The zero-order valence-corrected chi connectivity index (χ0v) is 17.3. The molecule has 0 aromatic heterocycles. The Balaban J connectivity index is 0.00000288. The number of benzene rings is 2. The second kappa shape index (κ2) is 9.45. The van der Waals surface area contributed by atoms with Gasteiger partial charge >= 0.3 is 0 Å². The van der Waals surface area contributed by atoms with E-state index in [-0.39, 0.29) is 17.9 Å². The van der Waals surface area contributed by atoms with Gasteiger partial charge in [-0.2, -0.15) is 0 Å². The van der Waals surface area contributed by atoms with E-state index in [0.717, 1.165) is 23.2 Å². The summed E-state index contributed by atoms with van der Waals surface area (Å²) in [5.74, 6) is 0.938. The quantitative estimate of drug-likeness (QED) is 0.599. The molecular weight excluding hydrogens is 386 g/mol. The van der Waals surface area contributed by atoms with Gasteiger partial charge in [0.05, 0.1) is 0 Å². The summed E-state index contributed by atoms with van der Waals surface area (Å²) in [6, 6.07) is 14.7. The van der Waals surface area contributed by atoms with E-state index >= 15 is 0 Å². The molecule has 0 aliphatic carbocycles. The highest BCUT2D eigenvalue weighted by molar-refractivity contribution is 9.10. The van der Waals surface area contributed by atoms with E-state index in [1.807, 2.05) is 12.1 Å². The first-order valence-corrected chi connectivity index (χ1v) is 8.91. The minimum atomic E-state index is 0. The second-order valence-electron chi connectivity index (χ2n) is 6.62.